The van der Waals surface area contributed by atoms with E-state index in [1.807, 2.05) is 38.2 Å². The Balaban J connectivity index is 1.96. The molecule has 1 aromatic carbocycles. The van der Waals surface area contributed by atoms with Gasteiger partial charge in [0.25, 0.3) is 0 Å². The van der Waals surface area contributed by atoms with Crippen LogP contribution in [-0.4, -0.2) is 48.9 Å². The number of carbonyl (C=O) groups is 2. The molecular formula is C21H24N2O3. The van der Waals surface area contributed by atoms with Gasteiger partial charge in [0.1, 0.15) is 0 Å². The number of fused-ring (bicyclic) bond motifs is 4. The molecule has 2 aliphatic rings. The number of esters is 1. The molecule has 0 spiro atoms. The molecule has 0 saturated carbocycles. The van der Waals surface area contributed by atoms with Crippen molar-refractivity contribution in [3.63, 3.8) is 0 Å². The van der Waals surface area contributed by atoms with Crippen molar-refractivity contribution < 1.29 is 14.3 Å². The Morgan fingerprint density at radius 1 is 1.38 bits per heavy atom. The lowest BCUT2D eigenvalue weighted by Gasteiger charge is -2.46. The average molecular weight is 352 g/mol. The maximum Gasteiger partial charge on any atom is 0.314 e. The minimum atomic E-state index is -0.741. The summed E-state index contributed by atoms with van der Waals surface area (Å²) in [5.41, 5.74) is 2.95. The number of likely N-dealkylation sites (tertiary alicyclic amines) is 1. The first-order chi connectivity index (χ1) is 12.5. The van der Waals surface area contributed by atoms with Gasteiger partial charge in [0.05, 0.1) is 18.2 Å². The summed E-state index contributed by atoms with van der Waals surface area (Å²) in [6, 6.07) is 7.92. The smallest absolute Gasteiger partial charge is 0.314 e. The van der Waals surface area contributed by atoms with Crippen molar-refractivity contribution in [3.05, 3.63) is 47.2 Å². The molecule has 2 aromatic rings. The van der Waals surface area contributed by atoms with Crippen LogP contribution in [-0.2, 0) is 16.0 Å². The van der Waals surface area contributed by atoms with E-state index in [0.717, 1.165) is 28.6 Å². The van der Waals surface area contributed by atoms with Gasteiger partial charge in [-0.25, -0.2) is 0 Å². The van der Waals surface area contributed by atoms with E-state index in [9.17, 15) is 9.59 Å². The van der Waals surface area contributed by atoms with Crippen LogP contribution in [0.15, 0.2) is 35.9 Å². The Morgan fingerprint density at radius 2 is 2.15 bits per heavy atom. The number of rotatable bonds is 1. The topological polar surface area (TPSA) is 62.4 Å². The van der Waals surface area contributed by atoms with Gasteiger partial charge in [-0.1, -0.05) is 29.8 Å². The third-order valence-electron chi connectivity index (χ3n) is 6.06. The zero-order valence-electron chi connectivity index (χ0n) is 15.5. The van der Waals surface area contributed by atoms with Crippen LogP contribution in [0, 0.1) is 11.3 Å². The molecule has 0 amide bonds. The van der Waals surface area contributed by atoms with Crippen molar-refractivity contribution >= 4 is 22.7 Å². The fourth-order valence-electron chi connectivity index (χ4n) is 4.93. The molecule has 1 saturated heterocycles. The van der Waals surface area contributed by atoms with Crippen molar-refractivity contribution in [1.82, 2.24) is 9.88 Å². The van der Waals surface area contributed by atoms with Crippen LogP contribution in [0.1, 0.15) is 29.4 Å². The molecule has 5 nitrogen and oxygen atoms in total. The molecule has 2 atom stereocenters. The Hall–Kier alpha value is -2.40. The molecule has 1 N–H and O–H groups in total. The lowest BCUT2D eigenvalue weighted by atomic mass is 9.65. The van der Waals surface area contributed by atoms with E-state index in [0.29, 0.717) is 25.1 Å². The third-order valence-corrected chi connectivity index (χ3v) is 6.06. The van der Waals surface area contributed by atoms with Crippen LogP contribution < -0.4 is 0 Å². The van der Waals surface area contributed by atoms with Crippen molar-refractivity contribution in [2.45, 2.75) is 19.8 Å². The van der Waals surface area contributed by atoms with Crippen LogP contribution in [0.5, 0.6) is 0 Å². The zero-order chi connectivity index (χ0) is 18.5. The van der Waals surface area contributed by atoms with Crippen molar-refractivity contribution in [2.24, 2.45) is 11.3 Å². The van der Waals surface area contributed by atoms with Gasteiger partial charge in [0.2, 0.25) is 0 Å². The van der Waals surface area contributed by atoms with Gasteiger partial charge in [0, 0.05) is 36.3 Å². The number of Topliss-reactive ketones (excluding diaryl/α,β-unsaturated/α-hetero) is 1. The predicted octanol–water partition coefficient (Wildman–Crippen LogP) is 2.96. The molecule has 1 fully saturated rings. The number of hydrogen-bond donors (Lipinski definition) is 1. The molecule has 1 aliphatic heterocycles. The number of benzene rings is 1. The first-order valence-corrected chi connectivity index (χ1v) is 9.05. The molecule has 4 rings (SSSR count). The number of ether oxygens (including phenoxy) is 1. The number of hydrogen-bond acceptors (Lipinski definition) is 4. The largest absolute Gasteiger partial charge is 0.469 e. The minimum absolute atomic E-state index is 0.0795. The Morgan fingerprint density at radius 3 is 2.88 bits per heavy atom. The molecule has 26 heavy (non-hydrogen) atoms. The monoisotopic (exact) mass is 352 g/mol. The first kappa shape index (κ1) is 17.0. The van der Waals surface area contributed by atoms with E-state index >= 15 is 0 Å². The Kier molecular flexibility index (Phi) is 3.99. The summed E-state index contributed by atoms with van der Waals surface area (Å²) in [7, 11) is 3.47. The number of methoxy groups -OCH3 is 1. The van der Waals surface area contributed by atoms with E-state index in [1.54, 1.807) is 0 Å². The summed E-state index contributed by atoms with van der Waals surface area (Å²) in [6.45, 7) is 3.36. The highest BCUT2D eigenvalue weighted by atomic mass is 16.5. The van der Waals surface area contributed by atoms with Crippen molar-refractivity contribution in [1.29, 1.82) is 0 Å². The number of carbonyl (C=O) groups excluding carboxylic acids is 2. The summed E-state index contributed by atoms with van der Waals surface area (Å²) < 4.78 is 5.27. The highest BCUT2D eigenvalue weighted by Gasteiger charge is 2.54. The van der Waals surface area contributed by atoms with Crippen LogP contribution in [0.3, 0.4) is 0 Å². The van der Waals surface area contributed by atoms with E-state index in [1.165, 1.54) is 7.11 Å². The van der Waals surface area contributed by atoms with E-state index in [2.05, 4.69) is 16.0 Å². The number of allylic oxidation sites excluding steroid dienone is 1. The molecule has 0 bridgehead atoms. The summed E-state index contributed by atoms with van der Waals surface area (Å²) in [4.78, 5) is 31.6. The lowest BCUT2D eigenvalue weighted by molar-refractivity contribution is -0.158. The number of H-pyrrole nitrogens is 1. The Labute approximate surface area is 153 Å². The lowest BCUT2D eigenvalue weighted by Crippen LogP contribution is -2.54. The Bertz CT molecular complexity index is 926. The highest BCUT2D eigenvalue weighted by Crippen LogP contribution is 2.48. The highest BCUT2D eigenvalue weighted by molar-refractivity contribution is 6.04. The van der Waals surface area contributed by atoms with Crippen LogP contribution >= 0.6 is 0 Å². The zero-order valence-corrected chi connectivity index (χ0v) is 15.5. The van der Waals surface area contributed by atoms with Crippen LogP contribution in [0.4, 0.5) is 0 Å². The van der Waals surface area contributed by atoms with E-state index in [4.69, 9.17) is 4.74 Å². The molecule has 136 valence electrons. The molecule has 2 heterocycles. The second-order valence-electron chi connectivity index (χ2n) is 7.56. The minimum Gasteiger partial charge on any atom is -0.469 e. The maximum absolute atomic E-state index is 13.1. The summed E-state index contributed by atoms with van der Waals surface area (Å²) in [5.74, 6) is -0.265. The van der Waals surface area contributed by atoms with Gasteiger partial charge in [-0.2, -0.15) is 0 Å². The second kappa shape index (κ2) is 6.09. The van der Waals surface area contributed by atoms with Gasteiger partial charge in [-0.05, 0) is 32.0 Å². The first-order valence-electron chi connectivity index (χ1n) is 9.05. The molecule has 5 heteroatoms. The fraction of sp³-hybridized carbons (Fsp3) is 0.429. The van der Waals surface area contributed by atoms with Crippen LogP contribution in [0.25, 0.3) is 10.9 Å². The number of nitrogens with zero attached hydrogens (tertiary/aromatic N) is 1. The normalized spacial score (nSPS) is 27.9. The number of para-hydroxylation sites is 1. The van der Waals surface area contributed by atoms with Gasteiger partial charge in [-0.3, -0.25) is 9.59 Å². The van der Waals surface area contributed by atoms with Crippen molar-refractivity contribution in [3.8, 4) is 0 Å². The number of aromatic nitrogens is 1. The molecule has 1 aliphatic carbocycles. The van der Waals surface area contributed by atoms with Crippen molar-refractivity contribution in [2.75, 3.05) is 27.2 Å². The molecule has 0 radical (unpaired) electrons. The van der Waals surface area contributed by atoms with Gasteiger partial charge in [-0.15, -0.1) is 0 Å². The third kappa shape index (κ3) is 2.34. The SMILES string of the molecule is C/C=C1/CN(C)C[C@@]2(C(=O)OC)Cc3c([nH]c4ccccc34)C(=O)C[C@@H]12. The van der Waals surface area contributed by atoms with Gasteiger partial charge < -0.3 is 14.6 Å². The summed E-state index contributed by atoms with van der Waals surface area (Å²) >= 11 is 0. The van der Waals surface area contributed by atoms with Gasteiger partial charge >= 0.3 is 5.97 Å². The van der Waals surface area contributed by atoms with E-state index < -0.39 is 5.41 Å². The molecule has 1 aromatic heterocycles. The number of ketones is 1. The van der Waals surface area contributed by atoms with Gasteiger partial charge in [0.15, 0.2) is 5.78 Å². The number of nitrogens with one attached hydrogen (secondary N) is 1. The standard InChI is InChI=1S/C21H24N2O3/c1-4-13-11-23(2)12-21(20(25)26-3)10-15-14-7-5-6-8-17(14)22-19(15)18(24)9-16(13)21/h4-8,16,22H,9-12H2,1-3H3/b13-4-/t16-,21-/m0/s1. The maximum atomic E-state index is 13.1. The fourth-order valence-corrected chi connectivity index (χ4v) is 4.93. The van der Waals surface area contributed by atoms with E-state index in [-0.39, 0.29) is 17.7 Å². The molecule has 0 unspecified atom stereocenters. The summed E-state index contributed by atoms with van der Waals surface area (Å²) in [5, 5.41) is 1.02. The number of piperidine rings is 1. The summed E-state index contributed by atoms with van der Waals surface area (Å²) in [6.07, 6.45) is 2.91. The number of likely N-dealkylation sites (N-methyl/N-ethyl adjacent to an activating group) is 1. The number of aromatic amines is 1. The average Bonchev–Trinajstić information content (AvgIpc) is 2.95. The second-order valence-corrected chi connectivity index (χ2v) is 7.56. The predicted molar refractivity (Wildman–Crippen MR) is 100 cm³/mol. The van der Waals surface area contributed by atoms with Crippen LogP contribution in [0.2, 0.25) is 0 Å². The quantitative estimate of drug-likeness (QED) is 0.633. The molecular weight excluding hydrogens is 328 g/mol.